The van der Waals surface area contributed by atoms with Crippen LogP contribution in [0.5, 0.6) is 0 Å². The van der Waals surface area contributed by atoms with Gasteiger partial charge < -0.3 is 0 Å². The van der Waals surface area contributed by atoms with Crippen molar-refractivity contribution in [1.29, 1.82) is 0 Å². The number of nitrogens with zero attached hydrogens (tertiary/aromatic N) is 8. The topological polar surface area (TPSA) is 140 Å². The number of aromatic nitrogens is 8. The molecule has 0 atom stereocenters. The van der Waals surface area contributed by atoms with E-state index in [1.165, 1.54) is 49.6 Å². The van der Waals surface area contributed by atoms with Crippen LogP contribution in [0.15, 0.2) is 73.8 Å². The molecule has 4 aromatic heterocycles. The van der Waals surface area contributed by atoms with Gasteiger partial charge in [-0.1, -0.05) is 0 Å². The van der Waals surface area contributed by atoms with Crippen LogP contribution in [-0.2, 0) is 0 Å². The summed E-state index contributed by atoms with van der Waals surface area (Å²) in [6, 6.07) is 6.49. The normalized spacial score (nSPS) is 10.1. The van der Waals surface area contributed by atoms with E-state index in [2.05, 4.69) is 20.4 Å². The number of carbonyl (C=O) groups excluding carboxylic acids is 4. The minimum atomic E-state index is -0.375. The van der Waals surface area contributed by atoms with Gasteiger partial charge in [-0.2, -0.15) is 20.4 Å². The molecule has 0 fully saturated rings. The van der Waals surface area contributed by atoms with Gasteiger partial charge in [-0.3, -0.25) is 19.2 Å². The van der Waals surface area contributed by atoms with E-state index >= 15 is 0 Å². The summed E-state index contributed by atoms with van der Waals surface area (Å²) in [7, 11) is 0. The monoisotopic (exact) mass is 408 g/mol. The van der Waals surface area contributed by atoms with E-state index in [4.69, 9.17) is 0 Å². The van der Waals surface area contributed by atoms with Gasteiger partial charge in [0.1, 0.15) is 12.8 Å². The minimum absolute atomic E-state index is 0.247. The van der Waals surface area contributed by atoms with Gasteiger partial charge in [0.25, 0.3) is 23.6 Å². The van der Waals surface area contributed by atoms with Crippen LogP contribution < -0.4 is 0 Å². The van der Waals surface area contributed by atoms with Gasteiger partial charge in [0, 0.05) is 49.6 Å². The standard InChI is InChI=1S/2C9H8N4O2/c2*14-8(12-5-1-3-10-12)7-9(15)13-6-2-4-11-13/h2*1-6H,7H2. The fourth-order valence-electron chi connectivity index (χ4n) is 2.25. The van der Waals surface area contributed by atoms with Crippen molar-refractivity contribution in [3.8, 4) is 0 Å². The maximum absolute atomic E-state index is 11.4. The average Bonchev–Trinajstić information content (AvgIpc) is 3.55. The van der Waals surface area contributed by atoms with Crippen LogP contribution in [0.3, 0.4) is 0 Å². The predicted molar refractivity (Wildman–Crippen MR) is 101 cm³/mol. The van der Waals surface area contributed by atoms with E-state index in [0.29, 0.717) is 0 Å². The molecule has 0 aromatic carbocycles. The zero-order chi connectivity index (χ0) is 21.3. The average molecular weight is 408 g/mol. The molecule has 0 aliphatic carbocycles. The lowest BCUT2D eigenvalue weighted by molar-refractivity contribution is 0.0768. The van der Waals surface area contributed by atoms with Crippen LogP contribution in [0.25, 0.3) is 0 Å². The summed E-state index contributed by atoms with van der Waals surface area (Å²) in [4.78, 5) is 45.8. The predicted octanol–water partition coefficient (Wildman–Crippen LogP) is 0.901. The third kappa shape index (κ3) is 5.28. The van der Waals surface area contributed by atoms with Crippen LogP contribution in [0.4, 0.5) is 0 Å². The highest BCUT2D eigenvalue weighted by atomic mass is 16.2. The molecule has 0 aliphatic rings. The zero-order valence-corrected chi connectivity index (χ0v) is 15.6. The Labute approximate surface area is 169 Å². The molecule has 30 heavy (non-hydrogen) atoms. The molecule has 0 saturated carbocycles. The van der Waals surface area contributed by atoms with Gasteiger partial charge >= 0.3 is 0 Å². The van der Waals surface area contributed by atoms with Crippen LogP contribution in [0.1, 0.15) is 32.0 Å². The van der Waals surface area contributed by atoms with Crippen LogP contribution >= 0.6 is 0 Å². The molecule has 4 rings (SSSR count). The smallest absolute Gasteiger partial charge is 0.256 e. The largest absolute Gasteiger partial charge is 0.272 e. The highest BCUT2D eigenvalue weighted by Crippen LogP contribution is 1.96. The molecule has 0 bridgehead atoms. The van der Waals surface area contributed by atoms with Crippen molar-refractivity contribution in [1.82, 2.24) is 39.1 Å². The maximum atomic E-state index is 11.4. The first kappa shape index (κ1) is 20.3. The number of hydrogen-bond acceptors (Lipinski definition) is 8. The van der Waals surface area contributed by atoms with Gasteiger partial charge in [0.05, 0.1) is 0 Å². The van der Waals surface area contributed by atoms with E-state index in [9.17, 15) is 19.2 Å². The van der Waals surface area contributed by atoms with Crippen LogP contribution in [-0.4, -0.2) is 62.8 Å². The van der Waals surface area contributed by atoms with Crippen LogP contribution in [0.2, 0.25) is 0 Å². The minimum Gasteiger partial charge on any atom is -0.272 e. The number of hydrogen-bond donors (Lipinski definition) is 0. The van der Waals surface area contributed by atoms with E-state index < -0.39 is 0 Å². The molecular weight excluding hydrogens is 392 g/mol. The first-order chi connectivity index (χ1) is 14.5. The van der Waals surface area contributed by atoms with Gasteiger partial charge in [0.15, 0.2) is 0 Å². The Morgan fingerprint density at radius 3 is 0.867 bits per heavy atom. The van der Waals surface area contributed by atoms with E-state index in [-0.39, 0.29) is 36.5 Å². The molecule has 12 nitrogen and oxygen atoms in total. The van der Waals surface area contributed by atoms with Crippen molar-refractivity contribution in [2.75, 3.05) is 0 Å². The molecule has 12 heteroatoms. The second-order valence-corrected chi connectivity index (χ2v) is 5.73. The van der Waals surface area contributed by atoms with Crippen molar-refractivity contribution in [3.63, 3.8) is 0 Å². The van der Waals surface area contributed by atoms with Crippen LogP contribution in [0, 0.1) is 0 Å². The second kappa shape index (κ2) is 9.64. The van der Waals surface area contributed by atoms with Crippen molar-refractivity contribution in [2.45, 2.75) is 12.8 Å². The number of carbonyl (C=O) groups is 4. The van der Waals surface area contributed by atoms with Crippen molar-refractivity contribution in [3.05, 3.63) is 73.8 Å². The lowest BCUT2D eigenvalue weighted by atomic mass is 10.4. The summed E-state index contributed by atoms with van der Waals surface area (Å²) >= 11 is 0. The van der Waals surface area contributed by atoms with E-state index in [1.807, 2.05) is 0 Å². The van der Waals surface area contributed by atoms with Crippen molar-refractivity contribution in [2.24, 2.45) is 0 Å². The SMILES string of the molecule is O=C(CC(=O)n1cccn1)n1cccn1.O=C(CC(=O)n1cccn1)n1cccn1. The molecule has 0 aliphatic heterocycles. The fourth-order valence-corrected chi connectivity index (χ4v) is 2.25. The van der Waals surface area contributed by atoms with E-state index in [0.717, 1.165) is 18.7 Å². The summed E-state index contributed by atoms with van der Waals surface area (Å²) in [5.41, 5.74) is 0. The zero-order valence-electron chi connectivity index (χ0n) is 15.6. The summed E-state index contributed by atoms with van der Waals surface area (Å²) in [5.74, 6) is -1.50. The maximum Gasteiger partial charge on any atom is 0.256 e. The Bertz CT molecular complexity index is 919. The number of rotatable bonds is 4. The first-order valence-electron chi connectivity index (χ1n) is 8.66. The molecule has 0 amide bonds. The summed E-state index contributed by atoms with van der Waals surface area (Å²) < 4.78 is 4.51. The molecule has 0 N–H and O–H groups in total. The summed E-state index contributed by atoms with van der Waals surface area (Å²) in [5, 5.41) is 14.9. The van der Waals surface area contributed by atoms with E-state index in [1.54, 1.807) is 24.3 Å². The quantitative estimate of drug-likeness (QED) is 0.454. The third-order valence-corrected chi connectivity index (χ3v) is 3.64. The second-order valence-electron chi connectivity index (χ2n) is 5.73. The van der Waals surface area contributed by atoms with Gasteiger partial charge in [0.2, 0.25) is 0 Å². The molecule has 4 heterocycles. The van der Waals surface area contributed by atoms with Crippen molar-refractivity contribution >= 4 is 23.6 Å². The fraction of sp³-hybridized carbons (Fsp3) is 0.111. The summed E-state index contributed by atoms with van der Waals surface area (Å²) in [6.45, 7) is 0. The highest BCUT2D eigenvalue weighted by molar-refractivity contribution is 5.98. The Morgan fingerprint density at radius 1 is 0.467 bits per heavy atom. The Morgan fingerprint density at radius 2 is 0.700 bits per heavy atom. The summed E-state index contributed by atoms with van der Waals surface area (Å²) in [6.07, 6.45) is 11.4. The molecule has 0 saturated heterocycles. The highest BCUT2D eigenvalue weighted by Gasteiger charge is 2.14. The third-order valence-electron chi connectivity index (χ3n) is 3.64. The Hall–Kier alpha value is -4.48. The first-order valence-corrected chi connectivity index (χ1v) is 8.66. The van der Waals surface area contributed by atoms with Crippen molar-refractivity contribution < 1.29 is 19.2 Å². The molecule has 0 unspecified atom stereocenters. The van der Waals surface area contributed by atoms with Gasteiger partial charge in [-0.15, -0.1) is 0 Å². The molecule has 0 radical (unpaired) electrons. The molecular formula is C18H16N8O4. The molecule has 0 spiro atoms. The Balaban J connectivity index is 0.000000171. The lowest BCUT2D eigenvalue weighted by Crippen LogP contribution is -2.20. The molecule has 4 aromatic rings. The van der Waals surface area contributed by atoms with Gasteiger partial charge in [-0.05, 0) is 24.3 Å². The lowest BCUT2D eigenvalue weighted by Gasteiger charge is -1.99. The van der Waals surface area contributed by atoms with Gasteiger partial charge in [-0.25, -0.2) is 18.7 Å². The molecule has 152 valence electrons. The Kier molecular flexibility index (Phi) is 6.51.